The Labute approximate surface area is 95.9 Å². The van der Waals surface area contributed by atoms with E-state index in [2.05, 4.69) is 16.4 Å². The molecule has 0 amide bonds. The van der Waals surface area contributed by atoms with Gasteiger partial charge in [-0.2, -0.15) is 5.26 Å². The van der Waals surface area contributed by atoms with Crippen molar-refractivity contribution in [2.24, 2.45) is 0 Å². The highest BCUT2D eigenvalue weighted by molar-refractivity contribution is 5.52. The van der Waals surface area contributed by atoms with Gasteiger partial charge in [-0.05, 0) is 31.9 Å². The first-order chi connectivity index (χ1) is 7.65. The fraction of sp³-hybridized carbons (Fsp3) is 0.500. The van der Waals surface area contributed by atoms with Crippen LogP contribution in [-0.2, 0) is 0 Å². The van der Waals surface area contributed by atoms with Gasteiger partial charge in [0.1, 0.15) is 11.9 Å². The molecular formula is C12H17N3O. The van der Waals surface area contributed by atoms with E-state index in [1.54, 1.807) is 18.3 Å². The van der Waals surface area contributed by atoms with Gasteiger partial charge in [0.2, 0.25) is 0 Å². The summed E-state index contributed by atoms with van der Waals surface area (Å²) in [5.74, 6) is 0.586. The zero-order valence-corrected chi connectivity index (χ0v) is 9.70. The Morgan fingerprint density at radius 3 is 2.94 bits per heavy atom. The highest BCUT2D eigenvalue weighted by Crippen LogP contribution is 2.22. The second-order valence-electron chi connectivity index (χ2n) is 4.02. The summed E-state index contributed by atoms with van der Waals surface area (Å²) in [5, 5.41) is 21.2. The molecule has 0 radical (unpaired) electrons. The Morgan fingerprint density at radius 2 is 2.38 bits per heavy atom. The largest absolute Gasteiger partial charge is 0.396 e. The Hall–Kier alpha value is -1.60. The molecule has 0 saturated carbocycles. The molecule has 1 unspecified atom stereocenters. The number of hydrogen-bond acceptors (Lipinski definition) is 4. The molecule has 1 atom stereocenters. The molecule has 1 aromatic rings. The third-order valence-corrected chi connectivity index (χ3v) is 2.79. The highest BCUT2D eigenvalue weighted by Gasteiger charge is 2.22. The number of nitrogens with one attached hydrogen (secondary N) is 1. The van der Waals surface area contributed by atoms with Crippen molar-refractivity contribution >= 4 is 5.82 Å². The van der Waals surface area contributed by atoms with Gasteiger partial charge in [-0.15, -0.1) is 0 Å². The number of hydrogen-bond donors (Lipinski definition) is 2. The van der Waals surface area contributed by atoms with Gasteiger partial charge in [-0.25, -0.2) is 4.98 Å². The second-order valence-corrected chi connectivity index (χ2v) is 4.02. The predicted octanol–water partition coefficient (Wildman–Crippen LogP) is 1.92. The minimum atomic E-state index is -0.227. The first-order valence-electron chi connectivity index (χ1n) is 5.39. The zero-order valence-electron chi connectivity index (χ0n) is 9.70. The predicted molar refractivity (Wildman–Crippen MR) is 63.0 cm³/mol. The molecule has 2 N–H and O–H groups in total. The average Bonchev–Trinajstić information content (AvgIpc) is 2.30. The van der Waals surface area contributed by atoms with E-state index < -0.39 is 0 Å². The molecule has 0 saturated heterocycles. The third kappa shape index (κ3) is 2.94. The van der Waals surface area contributed by atoms with Crippen molar-refractivity contribution in [2.75, 3.05) is 11.9 Å². The number of nitriles is 1. The molecule has 0 aromatic carbocycles. The van der Waals surface area contributed by atoms with E-state index in [1.165, 1.54) is 0 Å². The van der Waals surface area contributed by atoms with Crippen molar-refractivity contribution in [3.05, 3.63) is 23.9 Å². The van der Waals surface area contributed by atoms with Gasteiger partial charge >= 0.3 is 0 Å². The number of pyridine rings is 1. The van der Waals surface area contributed by atoms with E-state index >= 15 is 0 Å². The second kappa shape index (κ2) is 5.47. The van der Waals surface area contributed by atoms with Gasteiger partial charge in [-0.3, -0.25) is 0 Å². The van der Waals surface area contributed by atoms with Gasteiger partial charge in [0.25, 0.3) is 0 Å². The van der Waals surface area contributed by atoms with Crippen LogP contribution in [0.15, 0.2) is 18.3 Å². The van der Waals surface area contributed by atoms with Crippen LogP contribution in [0.25, 0.3) is 0 Å². The van der Waals surface area contributed by atoms with Gasteiger partial charge in [0.05, 0.1) is 5.56 Å². The van der Waals surface area contributed by atoms with E-state index in [4.69, 9.17) is 10.4 Å². The summed E-state index contributed by atoms with van der Waals surface area (Å²) in [6.07, 6.45) is 3.14. The minimum Gasteiger partial charge on any atom is -0.396 e. The first kappa shape index (κ1) is 12.5. The van der Waals surface area contributed by atoms with Crippen LogP contribution >= 0.6 is 0 Å². The summed E-state index contributed by atoms with van der Waals surface area (Å²) in [7, 11) is 0. The summed E-state index contributed by atoms with van der Waals surface area (Å²) in [6, 6.07) is 5.56. The number of aliphatic hydroxyl groups is 1. The Morgan fingerprint density at radius 1 is 1.62 bits per heavy atom. The van der Waals surface area contributed by atoms with E-state index in [0.717, 1.165) is 6.42 Å². The molecular weight excluding hydrogens is 202 g/mol. The summed E-state index contributed by atoms with van der Waals surface area (Å²) in [5.41, 5.74) is 0.300. The van der Waals surface area contributed by atoms with Crippen molar-refractivity contribution in [3.63, 3.8) is 0 Å². The maximum absolute atomic E-state index is 9.01. The molecule has 4 heteroatoms. The number of nitrogens with zero attached hydrogens (tertiary/aromatic N) is 2. The summed E-state index contributed by atoms with van der Waals surface area (Å²) in [4.78, 5) is 4.15. The molecule has 1 aromatic heterocycles. The van der Waals surface area contributed by atoms with E-state index in [1.807, 2.05) is 13.8 Å². The van der Waals surface area contributed by atoms with Crippen LogP contribution < -0.4 is 5.32 Å². The molecule has 86 valence electrons. The van der Waals surface area contributed by atoms with Crippen LogP contribution in [-0.4, -0.2) is 22.2 Å². The van der Waals surface area contributed by atoms with E-state index in [9.17, 15) is 0 Å². The van der Waals surface area contributed by atoms with Crippen LogP contribution in [0.3, 0.4) is 0 Å². The molecule has 0 aliphatic rings. The molecule has 0 fully saturated rings. The third-order valence-electron chi connectivity index (χ3n) is 2.79. The molecule has 16 heavy (non-hydrogen) atoms. The van der Waals surface area contributed by atoms with Gasteiger partial charge in [-0.1, -0.05) is 6.92 Å². The Kier molecular flexibility index (Phi) is 4.27. The van der Waals surface area contributed by atoms with E-state index in [0.29, 0.717) is 17.8 Å². The lowest BCUT2D eigenvalue weighted by molar-refractivity contribution is 0.252. The zero-order chi connectivity index (χ0) is 12.0. The standard InChI is InChI=1S/C12H17N3O/c1-3-12(2,6-8-16)15-11-10(9-13)5-4-7-14-11/h4-5,7,16H,3,6,8H2,1-2H3,(H,14,15). The topological polar surface area (TPSA) is 68.9 Å². The quantitative estimate of drug-likeness (QED) is 0.793. The first-order valence-corrected chi connectivity index (χ1v) is 5.39. The molecule has 4 nitrogen and oxygen atoms in total. The van der Waals surface area contributed by atoms with Crippen LogP contribution in [0.1, 0.15) is 32.3 Å². The lowest BCUT2D eigenvalue weighted by Gasteiger charge is -2.29. The van der Waals surface area contributed by atoms with Gasteiger partial charge in [0.15, 0.2) is 0 Å². The molecule has 0 spiro atoms. The van der Waals surface area contributed by atoms with Crippen molar-refractivity contribution in [3.8, 4) is 6.07 Å². The van der Waals surface area contributed by atoms with E-state index in [-0.39, 0.29) is 12.1 Å². The fourth-order valence-electron chi connectivity index (χ4n) is 1.46. The lowest BCUT2D eigenvalue weighted by Crippen LogP contribution is -2.35. The molecule has 1 rings (SSSR count). The van der Waals surface area contributed by atoms with Gasteiger partial charge in [0, 0.05) is 18.3 Å². The van der Waals surface area contributed by atoms with Crippen LogP contribution in [0.2, 0.25) is 0 Å². The average molecular weight is 219 g/mol. The van der Waals surface area contributed by atoms with Crippen molar-refractivity contribution in [1.29, 1.82) is 5.26 Å². The molecule has 0 bridgehead atoms. The monoisotopic (exact) mass is 219 g/mol. The fourth-order valence-corrected chi connectivity index (χ4v) is 1.46. The smallest absolute Gasteiger partial charge is 0.144 e. The normalized spacial score (nSPS) is 13.9. The number of aromatic nitrogens is 1. The van der Waals surface area contributed by atoms with Crippen LogP contribution in [0.5, 0.6) is 0 Å². The van der Waals surface area contributed by atoms with Crippen molar-refractivity contribution < 1.29 is 5.11 Å². The minimum absolute atomic E-state index is 0.117. The number of anilines is 1. The number of rotatable bonds is 5. The number of aliphatic hydroxyl groups excluding tert-OH is 1. The summed E-state index contributed by atoms with van der Waals surface area (Å²) < 4.78 is 0. The summed E-state index contributed by atoms with van der Waals surface area (Å²) >= 11 is 0. The SMILES string of the molecule is CCC(C)(CCO)Nc1ncccc1C#N. The van der Waals surface area contributed by atoms with Crippen LogP contribution in [0.4, 0.5) is 5.82 Å². The molecule has 1 heterocycles. The Balaban J connectivity index is 2.90. The summed E-state index contributed by atoms with van der Waals surface area (Å²) in [6.45, 7) is 4.17. The lowest BCUT2D eigenvalue weighted by atomic mass is 9.94. The van der Waals surface area contributed by atoms with Crippen molar-refractivity contribution in [1.82, 2.24) is 4.98 Å². The van der Waals surface area contributed by atoms with Crippen molar-refractivity contribution in [2.45, 2.75) is 32.2 Å². The Bertz CT molecular complexity index is 386. The molecule has 0 aliphatic carbocycles. The van der Waals surface area contributed by atoms with Crippen LogP contribution in [0, 0.1) is 11.3 Å². The van der Waals surface area contributed by atoms with Gasteiger partial charge < -0.3 is 10.4 Å². The highest BCUT2D eigenvalue weighted by atomic mass is 16.3. The maximum Gasteiger partial charge on any atom is 0.144 e. The molecule has 0 aliphatic heterocycles. The maximum atomic E-state index is 9.01.